The van der Waals surface area contributed by atoms with Crippen molar-refractivity contribution in [1.29, 1.82) is 0 Å². The average molecular weight is 347 g/mol. The van der Waals surface area contributed by atoms with E-state index in [2.05, 4.69) is 31.0 Å². The van der Waals surface area contributed by atoms with E-state index >= 15 is 0 Å². The lowest BCUT2D eigenvalue weighted by molar-refractivity contribution is 0.0453. The summed E-state index contributed by atoms with van der Waals surface area (Å²) in [5.74, 6) is -0.227. The molecule has 1 saturated carbocycles. The predicted octanol–water partition coefficient (Wildman–Crippen LogP) is 4.39. The number of nitrogens with zero attached hydrogens (tertiary/aromatic N) is 1. The molecule has 0 heterocycles. The molecule has 0 aliphatic heterocycles. The van der Waals surface area contributed by atoms with Gasteiger partial charge in [0.25, 0.3) is 0 Å². The summed E-state index contributed by atoms with van der Waals surface area (Å²) in [6.07, 6.45) is 7.45. The lowest BCUT2D eigenvalue weighted by Gasteiger charge is -2.27. The standard InChI is InChI=1S/C21H34N2O2/c1-4-18(22-19-10-8-7-9-11-19)16-25-21(24)17-12-14-20(15-13-17)23(5-2)6-3/h12-15,18-19,22H,4-11,16H2,1-3H3. The Morgan fingerprint density at radius 2 is 1.76 bits per heavy atom. The van der Waals surface area contributed by atoms with Crippen LogP contribution in [0.25, 0.3) is 0 Å². The lowest BCUT2D eigenvalue weighted by Crippen LogP contribution is -2.42. The number of rotatable bonds is 9. The minimum absolute atomic E-state index is 0.227. The minimum atomic E-state index is -0.227. The number of carbonyl (C=O) groups excluding carboxylic acids is 1. The summed E-state index contributed by atoms with van der Waals surface area (Å²) in [5.41, 5.74) is 1.77. The molecule has 4 heteroatoms. The Kier molecular flexibility index (Phi) is 8.26. The Balaban J connectivity index is 1.83. The number of ether oxygens (including phenoxy) is 1. The molecule has 0 amide bonds. The molecule has 2 rings (SSSR count). The molecule has 1 aliphatic carbocycles. The van der Waals surface area contributed by atoms with E-state index in [9.17, 15) is 4.79 Å². The average Bonchev–Trinajstić information content (AvgIpc) is 2.67. The predicted molar refractivity (Wildman–Crippen MR) is 104 cm³/mol. The molecule has 1 aromatic carbocycles. The number of hydrogen-bond acceptors (Lipinski definition) is 4. The van der Waals surface area contributed by atoms with Gasteiger partial charge in [0.15, 0.2) is 0 Å². The van der Waals surface area contributed by atoms with Crippen molar-refractivity contribution in [2.45, 2.75) is 71.4 Å². The van der Waals surface area contributed by atoms with Crippen molar-refractivity contribution < 1.29 is 9.53 Å². The summed E-state index contributed by atoms with van der Waals surface area (Å²) in [5, 5.41) is 3.67. The van der Waals surface area contributed by atoms with Crippen LogP contribution in [0.2, 0.25) is 0 Å². The van der Waals surface area contributed by atoms with Crippen LogP contribution in [0.1, 0.15) is 69.7 Å². The quantitative estimate of drug-likeness (QED) is 0.673. The van der Waals surface area contributed by atoms with Gasteiger partial charge in [-0.1, -0.05) is 26.2 Å². The molecule has 0 radical (unpaired) electrons. The van der Waals surface area contributed by atoms with Crippen LogP contribution in [0, 0.1) is 0 Å². The van der Waals surface area contributed by atoms with Crippen molar-refractivity contribution in [2.75, 3.05) is 24.6 Å². The van der Waals surface area contributed by atoms with E-state index in [4.69, 9.17) is 4.74 Å². The normalized spacial score (nSPS) is 16.4. The van der Waals surface area contributed by atoms with Gasteiger partial charge in [-0.05, 0) is 57.4 Å². The molecule has 1 N–H and O–H groups in total. The third-order valence-electron chi connectivity index (χ3n) is 5.22. The van der Waals surface area contributed by atoms with Crippen LogP contribution in [-0.2, 0) is 4.74 Å². The summed E-state index contributed by atoms with van der Waals surface area (Å²) < 4.78 is 5.56. The molecule has 4 nitrogen and oxygen atoms in total. The minimum Gasteiger partial charge on any atom is -0.460 e. The van der Waals surface area contributed by atoms with Crippen LogP contribution in [-0.4, -0.2) is 37.7 Å². The first-order chi connectivity index (χ1) is 12.2. The van der Waals surface area contributed by atoms with E-state index in [1.165, 1.54) is 32.1 Å². The molecular formula is C21H34N2O2. The van der Waals surface area contributed by atoms with Gasteiger partial charge < -0.3 is 15.0 Å². The van der Waals surface area contributed by atoms with Gasteiger partial charge in [-0.2, -0.15) is 0 Å². The molecule has 1 unspecified atom stereocenters. The van der Waals surface area contributed by atoms with Gasteiger partial charge in [-0.25, -0.2) is 4.79 Å². The Labute approximate surface area is 152 Å². The van der Waals surface area contributed by atoms with Gasteiger partial charge in [-0.3, -0.25) is 0 Å². The van der Waals surface area contributed by atoms with Crippen LogP contribution in [0.15, 0.2) is 24.3 Å². The monoisotopic (exact) mass is 346 g/mol. The highest BCUT2D eigenvalue weighted by Gasteiger charge is 2.18. The number of nitrogens with one attached hydrogen (secondary N) is 1. The summed E-state index contributed by atoms with van der Waals surface area (Å²) >= 11 is 0. The third-order valence-corrected chi connectivity index (χ3v) is 5.22. The molecule has 140 valence electrons. The molecular weight excluding hydrogens is 312 g/mol. The van der Waals surface area contributed by atoms with E-state index in [0.717, 1.165) is 25.2 Å². The Bertz CT molecular complexity index is 505. The lowest BCUT2D eigenvalue weighted by atomic mass is 9.95. The van der Waals surface area contributed by atoms with Gasteiger partial charge in [0, 0.05) is 30.9 Å². The van der Waals surface area contributed by atoms with Gasteiger partial charge >= 0.3 is 5.97 Å². The maximum atomic E-state index is 12.3. The summed E-state index contributed by atoms with van der Waals surface area (Å²) in [6, 6.07) is 8.58. The molecule has 0 aromatic heterocycles. The summed E-state index contributed by atoms with van der Waals surface area (Å²) in [7, 11) is 0. The molecule has 1 fully saturated rings. The van der Waals surface area contributed by atoms with Gasteiger partial charge in [0.1, 0.15) is 6.61 Å². The van der Waals surface area contributed by atoms with Crippen LogP contribution in [0.3, 0.4) is 0 Å². The van der Waals surface area contributed by atoms with Crippen LogP contribution >= 0.6 is 0 Å². The van der Waals surface area contributed by atoms with Crippen molar-refractivity contribution in [3.05, 3.63) is 29.8 Å². The maximum Gasteiger partial charge on any atom is 0.338 e. The number of benzene rings is 1. The molecule has 25 heavy (non-hydrogen) atoms. The first kappa shape index (κ1) is 19.8. The second kappa shape index (κ2) is 10.4. The zero-order valence-electron chi connectivity index (χ0n) is 16.1. The van der Waals surface area contributed by atoms with Crippen molar-refractivity contribution in [1.82, 2.24) is 5.32 Å². The molecule has 1 atom stereocenters. The maximum absolute atomic E-state index is 12.3. The van der Waals surface area contributed by atoms with Crippen LogP contribution < -0.4 is 10.2 Å². The first-order valence-electron chi connectivity index (χ1n) is 9.96. The molecule has 0 spiro atoms. The van der Waals surface area contributed by atoms with Crippen molar-refractivity contribution >= 4 is 11.7 Å². The fraction of sp³-hybridized carbons (Fsp3) is 0.667. The molecule has 1 aliphatic rings. The highest BCUT2D eigenvalue weighted by atomic mass is 16.5. The second-order valence-electron chi connectivity index (χ2n) is 6.92. The van der Waals surface area contributed by atoms with Crippen molar-refractivity contribution in [3.63, 3.8) is 0 Å². The molecule has 1 aromatic rings. The zero-order valence-corrected chi connectivity index (χ0v) is 16.1. The largest absolute Gasteiger partial charge is 0.460 e. The molecule has 0 bridgehead atoms. The third kappa shape index (κ3) is 6.03. The van der Waals surface area contributed by atoms with E-state index in [1.54, 1.807) is 0 Å². The summed E-state index contributed by atoms with van der Waals surface area (Å²) in [4.78, 5) is 14.6. The fourth-order valence-electron chi connectivity index (χ4n) is 3.54. The van der Waals surface area contributed by atoms with Crippen LogP contribution in [0.5, 0.6) is 0 Å². The van der Waals surface area contributed by atoms with E-state index < -0.39 is 0 Å². The number of esters is 1. The van der Waals surface area contributed by atoms with E-state index in [0.29, 0.717) is 18.2 Å². The number of hydrogen-bond donors (Lipinski definition) is 1. The van der Waals surface area contributed by atoms with Gasteiger partial charge in [-0.15, -0.1) is 0 Å². The number of anilines is 1. The first-order valence-corrected chi connectivity index (χ1v) is 9.96. The highest BCUT2D eigenvalue weighted by molar-refractivity contribution is 5.89. The Morgan fingerprint density at radius 3 is 2.32 bits per heavy atom. The summed E-state index contributed by atoms with van der Waals surface area (Å²) in [6.45, 7) is 8.79. The topological polar surface area (TPSA) is 41.6 Å². The number of carbonyl (C=O) groups is 1. The van der Waals surface area contributed by atoms with Gasteiger partial charge in [0.2, 0.25) is 0 Å². The van der Waals surface area contributed by atoms with E-state index in [1.807, 2.05) is 24.3 Å². The van der Waals surface area contributed by atoms with E-state index in [-0.39, 0.29) is 12.0 Å². The zero-order chi connectivity index (χ0) is 18.1. The highest BCUT2D eigenvalue weighted by Crippen LogP contribution is 2.19. The Morgan fingerprint density at radius 1 is 1.12 bits per heavy atom. The van der Waals surface area contributed by atoms with Crippen molar-refractivity contribution in [2.24, 2.45) is 0 Å². The Hall–Kier alpha value is -1.55. The van der Waals surface area contributed by atoms with Gasteiger partial charge in [0.05, 0.1) is 5.56 Å². The molecule has 0 saturated heterocycles. The smallest absolute Gasteiger partial charge is 0.338 e. The second-order valence-corrected chi connectivity index (χ2v) is 6.92. The fourth-order valence-corrected chi connectivity index (χ4v) is 3.54. The SMILES string of the molecule is CCC(COC(=O)c1ccc(N(CC)CC)cc1)NC1CCCCC1. The van der Waals surface area contributed by atoms with Crippen molar-refractivity contribution in [3.8, 4) is 0 Å². The van der Waals surface area contributed by atoms with Crippen LogP contribution in [0.4, 0.5) is 5.69 Å².